The number of hydrogen-bond acceptors (Lipinski definition) is 6. The molecule has 0 bridgehead atoms. The molecule has 1 saturated heterocycles. The maximum Gasteiger partial charge on any atom is 0.255 e. The van der Waals surface area contributed by atoms with Crippen molar-refractivity contribution in [1.29, 1.82) is 0 Å². The lowest BCUT2D eigenvalue weighted by Crippen LogP contribution is -2.65. The van der Waals surface area contributed by atoms with Gasteiger partial charge in [0.15, 0.2) is 0 Å². The zero-order valence-corrected chi connectivity index (χ0v) is 7.20. The van der Waals surface area contributed by atoms with Crippen LogP contribution in [0.2, 0.25) is 0 Å². The van der Waals surface area contributed by atoms with Gasteiger partial charge in [0.05, 0.1) is 6.61 Å². The molecular formula is C7H12NO6. The highest BCUT2D eigenvalue weighted by Crippen LogP contribution is 2.26. The topological polar surface area (TPSA) is 133 Å². The molecule has 1 amide bonds. The maximum absolute atomic E-state index is 10.8. The van der Waals surface area contributed by atoms with Gasteiger partial charge in [0.25, 0.3) is 5.91 Å². The van der Waals surface area contributed by atoms with Gasteiger partial charge >= 0.3 is 0 Å². The van der Waals surface area contributed by atoms with Gasteiger partial charge in [0, 0.05) is 0 Å². The number of carbonyl (C=O) groups excluding carboxylic acids is 1. The minimum absolute atomic E-state index is 0.552. The van der Waals surface area contributed by atoms with Crippen LogP contribution in [0.5, 0.6) is 0 Å². The number of aliphatic hydroxyl groups excluding tert-OH is 3. The molecule has 1 rings (SSSR count). The van der Waals surface area contributed by atoms with Crippen molar-refractivity contribution in [1.82, 2.24) is 0 Å². The third kappa shape index (κ3) is 1.60. The molecule has 1 heterocycles. The van der Waals surface area contributed by atoms with Crippen LogP contribution in [0.15, 0.2) is 0 Å². The Labute approximate surface area is 79.7 Å². The quantitative estimate of drug-likeness (QED) is 0.318. The molecule has 0 aromatic heterocycles. The van der Waals surface area contributed by atoms with Crippen LogP contribution in [0, 0.1) is 6.61 Å². The molecule has 7 heteroatoms. The molecule has 6 N–H and O–H groups in total. The summed E-state index contributed by atoms with van der Waals surface area (Å²) >= 11 is 0. The molecule has 14 heavy (non-hydrogen) atoms. The van der Waals surface area contributed by atoms with E-state index in [1.54, 1.807) is 0 Å². The van der Waals surface area contributed by atoms with E-state index in [-0.39, 0.29) is 0 Å². The van der Waals surface area contributed by atoms with Gasteiger partial charge in [-0.3, -0.25) is 4.79 Å². The molecule has 81 valence electrons. The Kier molecular flexibility index (Phi) is 3.07. The largest absolute Gasteiger partial charge is 0.394 e. The molecule has 4 atom stereocenters. The Morgan fingerprint density at radius 2 is 2.14 bits per heavy atom. The van der Waals surface area contributed by atoms with E-state index in [2.05, 4.69) is 4.74 Å². The second kappa shape index (κ2) is 3.79. The normalized spacial score (nSPS) is 43.6. The van der Waals surface area contributed by atoms with Gasteiger partial charge in [-0.25, -0.2) is 0 Å². The first-order valence-electron chi connectivity index (χ1n) is 3.92. The SMILES string of the molecule is NC(=O)[C@]1(O)[CH]O[C@H](CO)[C@@H](O)[C@@H]1O. The van der Waals surface area contributed by atoms with Crippen LogP contribution in [-0.2, 0) is 9.53 Å². The zero-order chi connectivity index (χ0) is 10.9. The Morgan fingerprint density at radius 3 is 2.57 bits per heavy atom. The third-order valence-electron chi connectivity index (χ3n) is 2.15. The molecule has 0 aromatic carbocycles. The van der Waals surface area contributed by atoms with Crippen molar-refractivity contribution in [2.24, 2.45) is 5.73 Å². The van der Waals surface area contributed by atoms with E-state index in [0.717, 1.165) is 0 Å². The van der Waals surface area contributed by atoms with Crippen LogP contribution < -0.4 is 5.73 Å². The van der Waals surface area contributed by atoms with Gasteiger partial charge in [-0.15, -0.1) is 0 Å². The highest BCUT2D eigenvalue weighted by atomic mass is 16.5. The number of hydrogen-bond donors (Lipinski definition) is 5. The van der Waals surface area contributed by atoms with E-state index >= 15 is 0 Å². The van der Waals surface area contributed by atoms with E-state index < -0.39 is 36.4 Å². The fourth-order valence-corrected chi connectivity index (χ4v) is 1.16. The van der Waals surface area contributed by atoms with Crippen LogP contribution >= 0.6 is 0 Å². The number of rotatable bonds is 2. The zero-order valence-electron chi connectivity index (χ0n) is 7.20. The minimum atomic E-state index is -2.43. The first kappa shape index (κ1) is 11.3. The molecule has 1 fully saturated rings. The van der Waals surface area contributed by atoms with Gasteiger partial charge in [0.1, 0.15) is 24.9 Å². The first-order chi connectivity index (χ1) is 6.43. The molecule has 0 saturated carbocycles. The Balaban J connectivity index is 2.83. The number of primary amides is 1. The molecule has 0 aliphatic carbocycles. The number of aliphatic hydroxyl groups is 4. The van der Waals surface area contributed by atoms with E-state index in [1.165, 1.54) is 0 Å². The summed E-state index contributed by atoms with van der Waals surface area (Å²) in [5.74, 6) is -1.24. The van der Waals surface area contributed by atoms with Crippen molar-refractivity contribution in [3.8, 4) is 0 Å². The summed E-state index contributed by atoms with van der Waals surface area (Å²) in [4.78, 5) is 10.8. The predicted octanol–water partition coefficient (Wildman–Crippen LogP) is -3.52. The number of ether oxygens (including phenoxy) is 1. The molecule has 1 aliphatic rings. The lowest BCUT2D eigenvalue weighted by molar-refractivity contribution is -0.211. The van der Waals surface area contributed by atoms with Gasteiger partial charge < -0.3 is 30.9 Å². The highest BCUT2D eigenvalue weighted by Gasteiger charge is 2.52. The fraction of sp³-hybridized carbons (Fsp3) is 0.714. The molecule has 0 spiro atoms. The minimum Gasteiger partial charge on any atom is -0.394 e. The second-order valence-electron chi connectivity index (χ2n) is 3.10. The van der Waals surface area contributed by atoms with E-state index in [4.69, 9.17) is 10.8 Å². The summed E-state index contributed by atoms with van der Waals surface area (Å²) < 4.78 is 4.65. The molecule has 1 radical (unpaired) electrons. The summed E-state index contributed by atoms with van der Waals surface area (Å²) in [6.45, 7) is 0.0666. The lowest BCUT2D eigenvalue weighted by Gasteiger charge is -2.40. The first-order valence-corrected chi connectivity index (χ1v) is 3.92. The monoisotopic (exact) mass is 206 g/mol. The van der Waals surface area contributed by atoms with Gasteiger partial charge in [0.2, 0.25) is 5.60 Å². The molecule has 1 aliphatic heterocycles. The number of amides is 1. The molecular weight excluding hydrogens is 194 g/mol. The van der Waals surface area contributed by atoms with Gasteiger partial charge in [-0.2, -0.15) is 0 Å². The van der Waals surface area contributed by atoms with Crippen molar-refractivity contribution in [2.45, 2.75) is 23.9 Å². The van der Waals surface area contributed by atoms with Gasteiger partial charge in [-0.05, 0) is 0 Å². The van der Waals surface area contributed by atoms with Crippen molar-refractivity contribution >= 4 is 5.91 Å². The summed E-state index contributed by atoms with van der Waals surface area (Å²) in [6.07, 6.45) is -4.47. The van der Waals surface area contributed by atoms with Crippen molar-refractivity contribution in [2.75, 3.05) is 6.61 Å². The number of carbonyl (C=O) groups is 1. The summed E-state index contributed by atoms with van der Waals surface area (Å²) in [6, 6.07) is 0. The highest BCUT2D eigenvalue weighted by molar-refractivity contribution is 5.85. The predicted molar refractivity (Wildman–Crippen MR) is 42.4 cm³/mol. The molecule has 0 unspecified atom stereocenters. The molecule has 0 aromatic rings. The van der Waals surface area contributed by atoms with E-state index in [0.29, 0.717) is 6.61 Å². The Morgan fingerprint density at radius 1 is 1.57 bits per heavy atom. The van der Waals surface area contributed by atoms with Crippen molar-refractivity contribution in [3.05, 3.63) is 6.61 Å². The van der Waals surface area contributed by atoms with Crippen LogP contribution in [0.4, 0.5) is 0 Å². The van der Waals surface area contributed by atoms with Crippen LogP contribution in [0.1, 0.15) is 0 Å². The summed E-state index contributed by atoms with van der Waals surface area (Å²) in [7, 11) is 0. The van der Waals surface area contributed by atoms with Gasteiger partial charge in [-0.1, -0.05) is 0 Å². The van der Waals surface area contributed by atoms with Crippen LogP contribution in [-0.4, -0.2) is 56.9 Å². The fourth-order valence-electron chi connectivity index (χ4n) is 1.16. The third-order valence-corrected chi connectivity index (χ3v) is 2.15. The Hall–Kier alpha value is -0.730. The van der Waals surface area contributed by atoms with Crippen LogP contribution in [0.25, 0.3) is 0 Å². The van der Waals surface area contributed by atoms with Crippen molar-refractivity contribution in [3.63, 3.8) is 0 Å². The average Bonchev–Trinajstić information content (AvgIpc) is 2.14. The smallest absolute Gasteiger partial charge is 0.255 e. The lowest BCUT2D eigenvalue weighted by atomic mass is 9.87. The second-order valence-corrected chi connectivity index (χ2v) is 3.10. The maximum atomic E-state index is 10.8. The summed E-state index contributed by atoms with van der Waals surface area (Å²) in [5, 5.41) is 36.8. The van der Waals surface area contributed by atoms with E-state index in [9.17, 15) is 20.1 Å². The molecule has 7 nitrogen and oxygen atoms in total. The standard InChI is InChI=1S/C7H12NO6/c8-6(12)7(13)2-14-3(1-9)4(10)5(7)11/h2-5,9-11,13H,1H2,(H2,8,12)/t3-,4-,5+,7+/m1/s1. The summed E-state index contributed by atoms with van der Waals surface area (Å²) in [5.41, 5.74) is 2.38. The Bertz CT molecular complexity index is 234. The van der Waals surface area contributed by atoms with E-state index in [1.807, 2.05) is 0 Å². The number of nitrogens with two attached hydrogens (primary N) is 1. The van der Waals surface area contributed by atoms with Crippen molar-refractivity contribution < 1.29 is 30.0 Å². The average molecular weight is 206 g/mol. The van der Waals surface area contributed by atoms with Crippen LogP contribution in [0.3, 0.4) is 0 Å².